The van der Waals surface area contributed by atoms with E-state index in [1.165, 1.54) is 11.1 Å². The van der Waals surface area contributed by atoms with E-state index in [4.69, 9.17) is 0 Å². The molecule has 0 saturated heterocycles. The minimum Gasteiger partial charge on any atom is -0.348 e. The lowest BCUT2D eigenvalue weighted by Crippen LogP contribution is -3.10. The quantitative estimate of drug-likeness (QED) is 0.808. The van der Waals surface area contributed by atoms with E-state index in [2.05, 4.69) is 37.4 Å². The summed E-state index contributed by atoms with van der Waals surface area (Å²) in [4.78, 5) is 13.8. The van der Waals surface area contributed by atoms with Gasteiger partial charge in [0.1, 0.15) is 6.54 Å². The predicted octanol–water partition coefficient (Wildman–Crippen LogP) is 2.35. The van der Waals surface area contributed by atoms with Gasteiger partial charge < -0.3 is 10.2 Å². The summed E-state index contributed by atoms with van der Waals surface area (Å²) < 4.78 is 0. The van der Waals surface area contributed by atoms with Crippen LogP contribution in [0.5, 0.6) is 0 Å². The lowest BCUT2D eigenvalue weighted by molar-refractivity contribution is -0.910. The van der Waals surface area contributed by atoms with Crippen molar-refractivity contribution in [2.45, 2.75) is 33.9 Å². The van der Waals surface area contributed by atoms with Crippen LogP contribution in [0.1, 0.15) is 40.9 Å². The Balaban J connectivity index is 2.02. The molecule has 0 radical (unpaired) electrons. The molecule has 0 aromatic heterocycles. The molecule has 0 atom stereocenters. The molecule has 23 heavy (non-hydrogen) atoms. The van der Waals surface area contributed by atoms with Gasteiger partial charge in [-0.3, -0.25) is 4.79 Å². The molecule has 2 rings (SSSR count). The van der Waals surface area contributed by atoms with E-state index in [-0.39, 0.29) is 5.91 Å². The van der Waals surface area contributed by atoms with Gasteiger partial charge in [-0.05, 0) is 38.5 Å². The third-order valence-corrected chi connectivity index (χ3v) is 4.31. The molecule has 2 aromatic carbocycles. The van der Waals surface area contributed by atoms with Gasteiger partial charge in [-0.1, -0.05) is 42.0 Å². The Morgan fingerprint density at radius 1 is 0.957 bits per heavy atom. The van der Waals surface area contributed by atoms with Gasteiger partial charge in [-0.25, -0.2) is 0 Å². The maximum absolute atomic E-state index is 12.3. The number of quaternary nitrogens is 1. The number of rotatable bonds is 7. The second kappa shape index (κ2) is 8.49. The standard InChI is InChI=1S/C20H26N2O/c1-4-22(5-2)15-19-9-7-6-8-18(19)14-21-20(23)17-12-10-16(3)11-13-17/h6-13H,4-5,14-15H2,1-3H3,(H,21,23)/p+1. The molecule has 3 nitrogen and oxygen atoms in total. The normalized spacial score (nSPS) is 10.8. The first-order valence-electron chi connectivity index (χ1n) is 8.39. The molecule has 3 heteroatoms. The predicted molar refractivity (Wildman–Crippen MR) is 94.5 cm³/mol. The van der Waals surface area contributed by atoms with Crippen LogP contribution in [0, 0.1) is 6.92 Å². The minimum atomic E-state index is -0.0185. The Labute approximate surface area is 139 Å². The highest BCUT2D eigenvalue weighted by atomic mass is 16.1. The van der Waals surface area contributed by atoms with Gasteiger partial charge in [0, 0.05) is 17.7 Å². The van der Waals surface area contributed by atoms with Crippen molar-refractivity contribution in [1.29, 1.82) is 0 Å². The molecule has 0 aliphatic rings. The molecule has 0 aliphatic heterocycles. The van der Waals surface area contributed by atoms with Crippen LogP contribution in [0.2, 0.25) is 0 Å². The second-order valence-electron chi connectivity index (χ2n) is 5.95. The average molecular weight is 311 g/mol. The van der Waals surface area contributed by atoms with Crippen LogP contribution in [-0.2, 0) is 13.1 Å². The van der Waals surface area contributed by atoms with Crippen molar-refractivity contribution in [2.75, 3.05) is 13.1 Å². The summed E-state index contributed by atoms with van der Waals surface area (Å²) >= 11 is 0. The highest BCUT2D eigenvalue weighted by Crippen LogP contribution is 2.08. The fourth-order valence-corrected chi connectivity index (χ4v) is 2.65. The number of hydrogen-bond donors (Lipinski definition) is 2. The molecule has 0 heterocycles. The smallest absolute Gasteiger partial charge is 0.251 e. The molecule has 122 valence electrons. The van der Waals surface area contributed by atoms with Gasteiger partial charge in [0.25, 0.3) is 5.91 Å². The van der Waals surface area contributed by atoms with E-state index >= 15 is 0 Å². The third-order valence-electron chi connectivity index (χ3n) is 4.31. The summed E-state index contributed by atoms with van der Waals surface area (Å²) in [5.41, 5.74) is 4.39. The SMILES string of the molecule is CC[NH+](CC)Cc1ccccc1CNC(=O)c1ccc(C)cc1. The Kier molecular flexibility index (Phi) is 6.36. The number of hydrogen-bond acceptors (Lipinski definition) is 1. The molecular formula is C20H27N2O+. The summed E-state index contributed by atoms with van der Waals surface area (Å²) in [7, 11) is 0. The largest absolute Gasteiger partial charge is 0.348 e. The Bertz CT molecular complexity index is 630. The Morgan fingerprint density at radius 3 is 2.17 bits per heavy atom. The molecule has 1 amide bonds. The summed E-state index contributed by atoms with van der Waals surface area (Å²) in [6.45, 7) is 10.2. The zero-order valence-electron chi connectivity index (χ0n) is 14.4. The first-order valence-corrected chi connectivity index (χ1v) is 8.39. The zero-order chi connectivity index (χ0) is 16.7. The van der Waals surface area contributed by atoms with Crippen molar-refractivity contribution in [2.24, 2.45) is 0 Å². The van der Waals surface area contributed by atoms with E-state index in [0.29, 0.717) is 12.1 Å². The summed E-state index contributed by atoms with van der Waals surface area (Å²) in [6, 6.07) is 16.1. The molecule has 2 aromatic rings. The van der Waals surface area contributed by atoms with Crippen molar-refractivity contribution >= 4 is 5.91 Å². The Hall–Kier alpha value is -2.13. The molecule has 0 aliphatic carbocycles. The highest BCUT2D eigenvalue weighted by Gasteiger charge is 2.10. The molecule has 0 spiro atoms. The number of amides is 1. The monoisotopic (exact) mass is 311 g/mol. The van der Waals surface area contributed by atoms with Crippen LogP contribution in [0.25, 0.3) is 0 Å². The van der Waals surface area contributed by atoms with Crippen molar-refractivity contribution in [3.05, 3.63) is 70.8 Å². The van der Waals surface area contributed by atoms with Gasteiger partial charge in [-0.2, -0.15) is 0 Å². The third kappa shape index (κ3) is 4.93. The summed E-state index contributed by atoms with van der Waals surface area (Å²) in [5, 5.41) is 3.04. The maximum atomic E-state index is 12.3. The maximum Gasteiger partial charge on any atom is 0.251 e. The fraction of sp³-hybridized carbons (Fsp3) is 0.350. The number of carbonyl (C=O) groups is 1. The number of nitrogens with one attached hydrogen (secondary N) is 2. The zero-order valence-corrected chi connectivity index (χ0v) is 14.4. The van der Waals surface area contributed by atoms with Gasteiger partial charge in [0.15, 0.2) is 0 Å². The van der Waals surface area contributed by atoms with Crippen molar-refractivity contribution in [1.82, 2.24) is 5.32 Å². The summed E-state index contributed by atoms with van der Waals surface area (Å²) in [5.74, 6) is -0.0185. The number of aryl methyl sites for hydroxylation is 1. The summed E-state index contributed by atoms with van der Waals surface area (Å²) in [6.07, 6.45) is 0. The van der Waals surface area contributed by atoms with Crippen LogP contribution in [-0.4, -0.2) is 19.0 Å². The average Bonchev–Trinajstić information content (AvgIpc) is 2.59. The van der Waals surface area contributed by atoms with E-state index in [1.54, 1.807) is 4.90 Å². The van der Waals surface area contributed by atoms with E-state index in [0.717, 1.165) is 25.2 Å². The topological polar surface area (TPSA) is 33.5 Å². The van der Waals surface area contributed by atoms with Gasteiger partial charge in [-0.15, -0.1) is 0 Å². The van der Waals surface area contributed by atoms with Crippen molar-refractivity contribution in [3.63, 3.8) is 0 Å². The van der Waals surface area contributed by atoms with Gasteiger partial charge >= 0.3 is 0 Å². The van der Waals surface area contributed by atoms with Gasteiger partial charge in [0.2, 0.25) is 0 Å². The molecule has 0 unspecified atom stereocenters. The molecule has 0 saturated carbocycles. The lowest BCUT2D eigenvalue weighted by Gasteiger charge is -2.18. The van der Waals surface area contributed by atoms with Crippen LogP contribution >= 0.6 is 0 Å². The van der Waals surface area contributed by atoms with Crippen LogP contribution in [0.4, 0.5) is 0 Å². The lowest BCUT2D eigenvalue weighted by atomic mass is 10.1. The second-order valence-corrected chi connectivity index (χ2v) is 5.95. The first kappa shape index (κ1) is 17.2. The first-order chi connectivity index (χ1) is 11.1. The van der Waals surface area contributed by atoms with Crippen molar-refractivity contribution < 1.29 is 9.69 Å². The van der Waals surface area contributed by atoms with E-state index in [1.807, 2.05) is 37.3 Å². The number of benzene rings is 2. The minimum absolute atomic E-state index is 0.0185. The van der Waals surface area contributed by atoms with Crippen LogP contribution in [0.3, 0.4) is 0 Å². The van der Waals surface area contributed by atoms with E-state index in [9.17, 15) is 4.79 Å². The van der Waals surface area contributed by atoms with Gasteiger partial charge in [0.05, 0.1) is 13.1 Å². The number of carbonyl (C=O) groups excluding carboxylic acids is 1. The Morgan fingerprint density at radius 2 is 1.57 bits per heavy atom. The molecule has 0 fully saturated rings. The van der Waals surface area contributed by atoms with E-state index < -0.39 is 0 Å². The fourth-order valence-electron chi connectivity index (χ4n) is 2.65. The van der Waals surface area contributed by atoms with Crippen molar-refractivity contribution in [3.8, 4) is 0 Å². The molecular weight excluding hydrogens is 284 g/mol. The van der Waals surface area contributed by atoms with Crippen LogP contribution < -0.4 is 10.2 Å². The van der Waals surface area contributed by atoms with Crippen LogP contribution in [0.15, 0.2) is 48.5 Å². The highest BCUT2D eigenvalue weighted by molar-refractivity contribution is 5.94. The molecule has 0 bridgehead atoms. The molecule has 2 N–H and O–H groups in total.